The van der Waals surface area contributed by atoms with E-state index in [-0.39, 0.29) is 6.03 Å². The van der Waals surface area contributed by atoms with Crippen molar-refractivity contribution in [2.75, 3.05) is 39.3 Å². The first kappa shape index (κ1) is 18.6. The number of para-hydroxylation sites is 1. The predicted molar refractivity (Wildman–Crippen MR) is 114 cm³/mol. The minimum absolute atomic E-state index is 0.0579. The second-order valence-electron chi connectivity index (χ2n) is 7.41. The number of benzene rings is 2. The maximum absolute atomic E-state index is 12.5. The molecule has 1 saturated heterocycles. The minimum Gasteiger partial charge on any atom is -0.361 e. The number of rotatable bonds is 6. The van der Waals surface area contributed by atoms with Crippen LogP contribution in [0.15, 0.2) is 60.8 Å². The average molecular weight is 377 g/mol. The zero-order valence-corrected chi connectivity index (χ0v) is 16.2. The molecule has 1 aromatic heterocycles. The van der Waals surface area contributed by atoms with Crippen molar-refractivity contribution in [2.45, 2.75) is 12.8 Å². The molecule has 1 aliphatic rings. The molecule has 5 heteroatoms. The third kappa shape index (κ3) is 4.54. The number of H-pyrrole nitrogens is 1. The minimum atomic E-state index is 0.0579. The van der Waals surface area contributed by atoms with Crippen LogP contribution in [0.4, 0.5) is 4.79 Å². The predicted octanol–water partition coefficient (Wildman–Crippen LogP) is 3.28. The van der Waals surface area contributed by atoms with Gasteiger partial charge >= 0.3 is 6.03 Å². The fourth-order valence-electron chi connectivity index (χ4n) is 3.86. The van der Waals surface area contributed by atoms with Crippen LogP contribution in [0.3, 0.4) is 0 Å². The molecule has 3 aromatic rings. The SMILES string of the molecule is O=C(NCCc1c[nH]c2ccccc12)N1CCN(CCc2ccccc2)CC1. The zero-order valence-electron chi connectivity index (χ0n) is 16.2. The van der Waals surface area contributed by atoms with Crippen LogP contribution in [-0.4, -0.2) is 60.1 Å². The lowest BCUT2D eigenvalue weighted by Gasteiger charge is -2.34. The summed E-state index contributed by atoms with van der Waals surface area (Å²) >= 11 is 0. The Bertz CT molecular complexity index is 897. The fourth-order valence-corrected chi connectivity index (χ4v) is 3.86. The normalized spacial score (nSPS) is 15.1. The van der Waals surface area contributed by atoms with Crippen LogP contribution in [0.25, 0.3) is 10.9 Å². The van der Waals surface area contributed by atoms with Gasteiger partial charge in [-0.15, -0.1) is 0 Å². The Labute approximate surface area is 166 Å². The van der Waals surface area contributed by atoms with Crippen LogP contribution in [0, 0.1) is 0 Å². The van der Waals surface area contributed by atoms with Crippen LogP contribution in [0.1, 0.15) is 11.1 Å². The van der Waals surface area contributed by atoms with Gasteiger partial charge in [-0.05, 0) is 30.0 Å². The Hall–Kier alpha value is -2.79. The first-order chi connectivity index (χ1) is 13.8. The van der Waals surface area contributed by atoms with Crippen LogP contribution in [-0.2, 0) is 12.8 Å². The number of urea groups is 1. The number of fused-ring (bicyclic) bond motifs is 1. The summed E-state index contributed by atoms with van der Waals surface area (Å²) in [6.07, 6.45) is 3.95. The highest BCUT2D eigenvalue weighted by atomic mass is 16.2. The molecule has 1 aliphatic heterocycles. The van der Waals surface area contributed by atoms with Gasteiger partial charge in [0.1, 0.15) is 0 Å². The monoisotopic (exact) mass is 376 g/mol. The van der Waals surface area contributed by atoms with Crippen molar-refractivity contribution < 1.29 is 4.79 Å². The van der Waals surface area contributed by atoms with E-state index in [0.717, 1.165) is 51.1 Å². The summed E-state index contributed by atoms with van der Waals surface area (Å²) in [5.41, 5.74) is 3.78. The molecule has 0 aliphatic carbocycles. The number of nitrogens with zero attached hydrogens (tertiary/aromatic N) is 2. The number of hydrogen-bond donors (Lipinski definition) is 2. The van der Waals surface area contributed by atoms with Crippen molar-refractivity contribution >= 4 is 16.9 Å². The quantitative estimate of drug-likeness (QED) is 0.694. The fraction of sp³-hybridized carbons (Fsp3) is 0.348. The van der Waals surface area contributed by atoms with Gasteiger partial charge in [-0.1, -0.05) is 48.5 Å². The molecule has 1 fully saturated rings. The number of aromatic nitrogens is 1. The van der Waals surface area contributed by atoms with E-state index in [0.29, 0.717) is 6.54 Å². The molecule has 2 N–H and O–H groups in total. The molecular weight excluding hydrogens is 348 g/mol. The number of hydrogen-bond acceptors (Lipinski definition) is 2. The second-order valence-corrected chi connectivity index (χ2v) is 7.41. The van der Waals surface area contributed by atoms with Crippen LogP contribution in [0.5, 0.6) is 0 Å². The first-order valence-corrected chi connectivity index (χ1v) is 10.1. The summed E-state index contributed by atoms with van der Waals surface area (Å²) in [6.45, 7) is 5.21. The summed E-state index contributed by atoms with van der Waals surface area (Å²) in [4.78, 5) is 20.1. The molecule has 146 valence electrons. The van der Waals surface area contributed by atoms with E-state index in [4.69, 9.17) is 0 Å². The van der Waals surface area contributed by atoms with Crippen molar-refractivity contribution in [3.05, 3.63) is 71.9 Å². The number of aromatic amines is 1. The van der Waals surface area contributed by atoms with Gasteiger partial charge in [-0.3, -0.25) is 4.90 Å². The van der Waals surface area contributed by atoms with Crippen LogP contribution >= 0.6 is 0 Å². The Kier molecular flexibility index (Phi) is 5.92. The standard InChI is InChI=1S/C23H28N4O/c28-23(24-12-10-20-18-25-22-9-5-4-8-21(20)22)27-16-14-26(15-17-27)13-11-19-6-2-1-3-7-19/h1-9,18,25H,10-17H2,(H,24,28). The lowest BCUT2D eigenvalue weighted by atomic mass is 10.1. The third-order valence-corrected chi connectivity index (χ3v) is 5.56. The topological polar surface area (TPSA) is 51.4 Å². The summed E-state index contributed by atoms with van der Waals surface area (Å²) in [5.74, 6) is 0. The molecule has 0 saturated carbocycles. The molecule has 5 nitrogen and oxygen atoms in total. The highest BCUT2D eigenvalue weighted by Gasteiger charge is 2.20. The van der Waals surface area contributed by atoms with Crippen LogP contribution in [0.2, 0.25) is 0 Å². The highest BCUT2D eigenvalue weighted by molar-refractivity contribution is 5.83. The molecule has 0 atom stereocenters. The molecular formula is C23H28N4O. The van der Waals surface area contributed by atoms with Gasteiger partial charge in [0.25, 0.3) is 0 Å². The molecule has 28 heavy (non-hydrogen) atoms. The van der Waals surface area contributed by atoms with E-state index in [1.165, 1.54) is 16.5 Å². The molecule has 2 amide bonds. The van der Waals surface area contributed by atoms with Gasteiger partial charge in [-0.2, -0.15) is 0 Å². The van der Waals surface area contributed by atoms with E-state index >= 15 is 0 Å². The molecule has 2 aromatic carbocycles. The number of carbonyl (C=O) groups excluding carboxylic acids is 1. The Balaban J connectivity index is 1.18. The van der Waals surface area contributed by atoms with Crippen molar-refractivity contribution in [3.8, 4) is 0 Å². The molecule has 0 bridgehead atoms. The smallest absolute Gasteiger partial charge is 0.317 e. The summed E-state index contributed by atoms with van der Waals surface area (Å²) in [5, 5.41) is 4.32. The Morgan fingerprint density at radius 1 is 0.929 bits per heavy atom. The van der Waals surface area contributed by atoms with Gasteiger partial charge in [0, 0.05) is 56.4 Å². The van der Waals surface area contributed by atoms with E-state index < -0.39 is 0 Å². The number of carbonyl (C=O) groups is 1. The average Bonchev–Trinajstić information content (AvgIpc) is 3.16. The van der Waals surface area contributed by atoms with Crippen molar-refractivity contribution in [2.24, 2.45) is 0 Å². The van der Waals surface area contributed by atoms with Crippen molar-refractivity contribution in [3.63, 3.8) is 0 Å². The third-order valence-electron chi connectivity index (χ3n) is 5.56. The summed E-state index contributed by atoms with van der Waals surface area (Å²) in [7, 11) is 0. The van der Waals surface area contributed by atoms with E-state index in [1.54, 1.807) is 0 Å². The lowest BCUT2D eigenvalue weighted by Crippen LogP contribution is -2.52. The second kappa shape index (κ2) is 8.93. The Morgan fingerprint density at radius 3 is 2.50 bits per heavy atom. The van der Waals surface area contributed by atoms with Crippen molar-refractivity contribution in [1.82, 2.24) is 20.1 Å². The maximum Gasteiger partial charge on any atom is 0.317 e. The lowest BCUT2D eigenvalue weighted by molar-refractivity contribution is 0.140. The largest absolute Gasteiger partial charge is 0.361 e. The molecule has 0 spiro atoms. The molecule has 2 heterocycles. The van der Waals surface area contributed by atoms with Gasteiger partial charge in [0.05, 0.1) is 0 Å². The zero-order chi connectivity index (χ0) is 19.2. The van der Waals surface area contributed by atoms with Gasteiger partial charge < -0.3 is 15.2 Å². The number of piperazine rings is 1. The van der Waals surface area contributed by atoms with Gasteiger partial charge in [0.2, 0.25) is 0 Å². The van der Waals surface area contributed by atoms with Gasteiger partial charge in [-0.25, -0.2) is 4.79 Å². The number of nitrogens with one attached hydrogen (secondary N) is 2. The summed E-state index contributed by atoms with van der Waals surface area (Å²) in [6, 6.07) is 18.9. The summed E-state index contributed by atoms with van der Waals surface area (Å²) < 4.78 is 0. The molecule has 4 rings (SSSR count). The van der Waals surface area contributed by atoms with E-state index in [2.05, 4.69) is 63.7 Å². The van der Waals surface area contributed by atoms with Crippen LogP contribution < -0.4 is 5.32 Å². The highest BCUT2D eigenvalue weighted by Crippen LogP contribution is 2.17. The first-order valence-electron chi connectivity index (χ1n) is 10.1. The van der Waals surface area contributed by atoms with E-state index in [1.807, 2.05) is 17.2 Å². The van der Waals surface area contributed by atoms with E-state index in [9.17, 15) is 4.79 Å². The van der Waals surface area contributed by atoms with Gasteiger partial charge in [0.15, 0.2) is 0 Å². The maximum atomic E-state index is 12.5. The molecule has 0 unspecified atom stereocenters. The van der Waals surface area contributed by atoms with Crippen molar-refractivity contribution in [1.29, 1.82) is 0 Å². The molecule has 0 radical (unpaired) electrons. The Morgan fingerprint density at radius 2 is 1.68 bits per heavy atom. The number of amides is 2.